The molecular weight excluding hydrogens is 499 g/mol. The van der Waals surface area contributed by atoms with E-state index in [4.69, 9.17) is 19.2 Å². The highest BCUT2D eigenvalue weighted by molar-refractivity contribution is 14.0. The van der Waals surface area contributed by atoms with E-state index < -0.39 is 17.2 Å². The summed E-state index contributed by atoms with van der Waals surface area (Å²) in [7, 11) is 0. The zero-order valence-electron chi connectivity index (χ0n) is 19.8. The molecule has 178 valence electrons. The van der Waals surface area contributed by atoms with E-state index in [1.807, 2.05) is 27.7 Å². The average molecular weight is 543 g/mol. The van der Waals surface area contributed by atoms with E-state index in [1.54, 1.807) is 0 Å². The number of alkyl carbamates (subject to hydrolysis) is 1. The van der Waals surface area contributed by atoms with Gasteiger partial charge in [-0.25, -0.2) is 4.79 Å². The van der Waals surface area contributed by atoms with E-state index in [2.05, 4.69) is 36.7 Å². The van der Waals surface area contributed by atoms with Crippen molar-refractivity contribution < 1.29 is 19.0 Å². The summed E-state index contributed by atoms with van der Waals surface area (Å²) in [5, 5.41) is 9.69. The van der Waals surface area contributed by atoms with Gasteiger partial charge in [-0.15, -0.1) is 24.0 Å². The fraction of sp³-hybridized carbons (Fsp3) is 0.905. The molecule has 0 bridgehead atoms. The number of nitrogens with zero attached hydrogens (tertiary/aromatic N) is 1. The topological polar surface area (TPSA) is 93.2 Å². The monoisotopic (exact) mass is 542 g/mol. The predicted octanol–water partition coefficient (Wildman–Crippen LogP) is 3.44. The smallest absolute Gasteiger partial charge is 0.408 e. The number of hydrogen-bond acceptors (Lipinski definition) is 5. The second-order valence-corrected chi connectivity index (χ2v) is 8.67. The van der Waals surface area contributed by atoms with Crippen LogP contribution in [0.25, 0.3) is 0 Å². The Morgan fingerprint density at radius 2 is 1.90 bits per heavy atom. The van der Waals surface area contributed by atoms with E-state index in [0.717, 1.165) is 32.4 Å². The molecule has 0 aromatic carbocycles. The Balaban J connectivity index is 0.00000841. The summed E-state index contributed by atoms with van der Waals surface area (Å²) >= 11 is 0. The first kappa shape index (κ1) is 29.2. The van der Waals surface area contributed by atoms with Crippen LogP contribution in [-0.4, -0.2) is 68.2 Å². The molecule has 9 heteroatoms. The minimum Gasteiger partial charge on any atom is -0.444 e. The number of carbonyl (C=O) groups excluding carboxylic acids is 1. The van der Waals surface area contributed by atoms with E-state index >= 15 is 0 Å². The zero-order valence-corrected chi connectivity index (χ0v) is 22.1. The number of ether oxygens (including phenoxy) is 3. The molecule has 0 spiro atoms. The molecule has 1 aliphatic rings. The van der Waals surface area contributed by atoms with Gasteiger partial charge in [-0.3, -0.25) is 4.99 Å². The Hall–Kier alpha value is -0.810. The van der Waals surface area contributed by atoms with Crippen molar-refractivity contribution in [1.29, 1.82) is 0 Å². The summed E-state index contributed by atoms with van der Waals surface area (Å²) in [5.41, 5.74) is -0.984. The van der Waals surface area contributed by atoms with Crippen molar-refractivity contribution in [3.05, 3.63) is 0 Å². The maximum absolute atomic E-state index is 12.3. The molecule has 0 aromatic rings. The molecule has 1 saturated heterocycles. The van der Waals surface area contributed by atoms with Gasteiger partial charge in [0.05, 0.1) is 31.4 Å². The summed E-state index contributed by atoms with van der Waals surface area (Å²) in [4.78, 5) is 17.1. The van der Waals surface area contributed by atoms with Crippen molar-refractivity contribution >= 4 is 36.0 Å². The molecule has 2 unspecified atom stereocenters. The van der Waals surface area contributed by atoms with Crippen LogP contribution in [0.5, 0.6) is 0 Å². The molecule has 1 fully saturated rings. The van der Waals surface area contributed by atoms with Gasteiger partial charge in [0.1, 0.15) is 5.60 Å². The highest BCUT2D eigenvalue weighted by Gasteiger charge is 2.30. The number of amides is 1. The number of rotatable bonds is 10. The third-order valence-electron chi connectivity index (χ3n) is 4.86. The zero-order chi connectivity index (χ0) is 21.9. The van der Waals surface area contributed by atoms with Crippen LogP contribution in [0.2, 0.25) is 0 Å². The summed E-state index contributed by atoms with van der Waals surface area (Å²) < 4.78 is 16.7. The molecule has 3 N–H and O–H groups in total. The summed E-state index contributed by atoms with van der Waals surface area (Å²) in [6, 6.07) is 0.102. The van der Waals surface area contributed by atoms with Gasteiger partial charge in [0.25, 0.3) is 0 Å². The molecule has 8 nitrogen and oxygen atoms in total. The van der Waals surface area contributed by atoms with Crippen molar-refractivity contribution in [3.63, 3.8) is 0 Å². The van der Waals surface area contributed by atoms with Crippen molar-refractivity contribution in [1.82, 2.24) is 16.0 Å². The Morgan fingerprint density at radius 1 is 1.23 bits per heavy atom. The van der Waals surface area contributed by atoms with E-state index in [9.17, 15) is 4.79 Å². The largest absolute Gasteiger partial charge is 0.444 e. The van der Waals surface area contributed by atoms with Gasteiger partial charge in [-0.1, -0.05) is 13.8 Å². The molecule has 0 aliphatic carbocycles. The third-order valence-corrected chi connectivity index (χ3v) is 4.86. The lowest BCUT2D eigenvalue weighted by Crippen LogP contribution is -2.52. The number of guanidine groups is 1. The molecule has 1 aliphatic heterocycles. The second kappa shape index (κ2) is 14.3. The molecular formula is C21H43IN4O4. The standard InChI is InChI=1S/C21H42N4O4.HI/c1-8-21(9-2,25-19(26)29-20(5,6)7)15-23-18(22-10-3)24-16(4)13-28-17-11-12-27-14-17;/h16-17H,8-15H2,1-7H3,(H,25,26)(H2,22,23,24);1H. The molecule has 2 atom stereocenters. The number of carbonyl (C=O) groups is 1. The van der Waals surface area contributed by atoms with Crippen molar-refractivity contribution in [2.24, 2.45) is 4.99 Å². The lowest BCUT2D eigenvalue weighted by Gasteiger charge is -2.33. The molecule has 1 heterocycles. The van der Waals surface area contributed by atoms with Gasteiger partial charge >= 0.3 is 6.09 Å². The van der Waals surface area contributed by atoms with Gasteiger partial charge in [-0.05, 0) is 53.9 Å². The lowest BCUT2D eigenvalue weighted by molar-refractivity contribution is 0.0347. The molecule has 0 aromatic heterocycles. The van der Waals surface area contributed by atoms with Crippen molar-refractivity contribution in [2.45, 2.75) is 91.0 Å². The molecule has 0 radical (unpaired) electrons. The van der Waals surface area contributed by atoms with E-state index in [0.29, 0.717) is 25.7 Å². The average Bonchev–Trinajstić information content (AvgIpc) is 3.15. The van der Waals surface area contributed by atoms with Crippen molar-refractivity contribution in [2.75, 3.05) is 32.9 Å². The van der Waals surface area contributed by atoms with Gasteiger partial charge in [0, 0.05) is 19.2 Å². The Kier molecular flexibility index (Phi) is 13.9. The predicted molar refractivity (Wildman–Crippen MR) is 132 cm³/mol. The number of halogens is 1. The fourth-order valence-corrected chi connectivity index (χ4v) is 2.96. The molecule has 30 heavy (non-hydrogen) atoms. The maximum atomic E-state index is 12.3. The van der Waals surface area contributed by atoms with Crippen LogP contribution in [-0.2, 0) is 14.2 Å². The molecule has 1 amide bonds. The van der Waals surface area contributed by atoms with Gasteiger partial charge in [-0.2, -0.15) is 0 Å². The Labute approximate surface area is 199 Å². The molecule has 0 saturated carbocycles. The van der Waals surface area contributed by atoms with Gasteiger partial charge < -0.3 is 30.2 Å². The molecule has 1 rings (SSSR count). The fourth-order valence-electron chi connectivity index (χ4n) is 2.96. The minimum absolute atomic E-state index is 0. The number of hydrogen-bond donors (Lipinski definition) is 3. The van der Waals surface area contributed by atoms with Gasteiger partial charge in [0.15, 0.2) is 5.96 Å². The Morgan fingerprint density at radius 3 is 2.40 bits per heavy atom. The van der Waals surface area contributed by atoms with Gasteiger partial charge in [0.2, 0.25) is 0 Å². The summed E-state index contributed by atoms with van der Waals surface area (Å²) in [5.74, 6) is 0.712. The van der Waals surface area contributed by atoms with E-state index in [1.165, 1.54) is 0 Å². The summed E-state index contributed by atoms with van der Waals surface area (Å²) in [6.45, 7) is 17.0. The number of aliphatic imine (C=N–C) groups is 1. The third kappa shape index (κ3) is 11.5. The van der Waals surface area contributed by atoms with E-state index in [-0.39, 0.29) is 36.1 Å². The van der Waals surface area contributed by atoms with Crippen LogP contribution >= 0.6 is 24.0 Å². The second-order valence-electron chi connectivity index (χ2n) is 8.67. The Bertz CT molecular complexity index is 516. The van der Waals surface area contributed by atoms with Crippen LogP contribution in [0.15, 0.2) is 4.99 Å². The minimum atomic E-state index is -0.531. The summed E-state index contributed by atoms with van der Waals surface area (Å²) in [6.07, 6.45) is 2.24. The van der Waals surface area contributed by atoms with Crippen molar-refractivity contribution in [3.8, 4) is 0 Å². The quantitative estimate of drug-likeness (QED) is 0.223. The van der Waals surface area contributed by atoms with Crippen LogP contribution < -0.4 is 16.0 Å². The highest BCUT2D eigenvalue weighted by atomic mass is 127. The van der Waals surface area contributed by atoms with Crippen LogP contribution in [0, 0.1) is 0 Å². The maximum Gasteiger partial charge on any atom is 0.408 e. The highest BCUT2D eigenvalue weighted by Crippen LogP contribution is 2.17. The normalized spacial score (nSPS) is 18.4. The number of nitrogens with one attached hydrogen (secondary N) is 3. The first-order valence-electron chi connectivity index (χ1n) is 10.9. The van der Waals surface area contributed by atoms with Crippen LogP contribution in [0.4, 0.5) is 4.79 Å². The lowest BCUT2D eigenvalue weighted by atomic mass is 9.93. The first-order chi connectivity index (χ1) is 13.6. The SMILES string of the molecule is CCNC(=NCC(CC)(CC)NC(=O)OC(C)(C)C)NC(C)COC1CCOC1.I. The van der Waals surface area contributed by atoms with Crippen LogP contribution in [0.3, 0.4) is 0 Å². The van der Waals surface area contributed by atoms with Crippen LogP contribution in [0.1, 0.15) is 67.7 Å². The first-order valence-corrected chi connectivity index (χ1v) is 10.9.